The topological polar surface area (TPSA) is 55.1 Å². The number of carbonyl (C=O) groups is 1. The van der Waals surface area contributed by atoms with Gasteiger partial charge in [-0.3, -0.25) is 4.79 Å². The van der Waals surface area contributed by atoms with Crippen LogP contribution in [0.25, 0.3) is 0 Å². The molecule has 1 aliphatic rings. The predicted octanol–water partition coefficient (Wildman–Crippen LogP) is 0.331. The van der Waals surface area contributed by atoms with Gasteiger partial charge in [0.15, 0.2) is 0 Å². The molecule has 1 atom stereocenters. The van der Waals surface area contributed by atoms with Gasteiger partial charge >= 0.3 is 0 Å². The maximum absolute atomic E-state index is 10.9. The molecule has 11 heavy (non-hydrogen) atoms. The zero-order chi connectivity index (χ0) is 8.27. The molecule has 1 saturated heterocycles. The van der Waals surface area contributed by atoms with Crippen LogP contribution in [-0.2, 0) is 4.79 Å². The molecule has 0 saturated carbocycles. The van der Waals surface area contributed by atoms with Gasteiger partial charge in [-0.25, -0.2) is 0 Å². The van der Waals surface area contributed by atoms with Crippen LogP contribution in [0, 0.1) is 0 Å². The standard InChI is InChI=1S/C7H12N2OS/c8-6(11)4-5-2-1-3-7(10)9-5/h5H,1-4H2,(H2,8,11)(H,9,10). The molecule has 1 unspecified atom stereocenters. The van der Waals surface area contributed by atoms with E-state index in [1.165, 1.54) is 0 Å². The molecule has 1 heterocycles. The highest BCUT2D eigenvalue weighted by Gasteiger charge is 2.17. The maximum atomic E-state index is 10.9. The Hall–Kier alpha value is -0.640. The molecule has 0 aromatic carbocycles. The molecule has 0 aromatic heterocycles. The number of hydrogen-bond acceptors (Lipinski definition) is 2. The minimum absolute atomic E-state index is 0.123. The summed E-state index contributed by atoms with van der Waals surface area (Å²) in [5, 5.41) is 2.84. The molecule has 1 rings (SSSR count). The van der Waals surface area contributed by atoms with Crippen molar-refractivity contribution in [1.29, 1.82) is 0 Å². The highest BCUT2D eigenvalue weighted by Crippen LogP contribution is 2.10. The Bertz CT molecular complexity index is 179. The van der Waals surface area contributed by atoms with Gasteiger partial charge in [0.1, 0.15) is 0 Å². The van der Waals surface area contributed by atoms with Crippen LogP contribution in [-0.4, -0.2) is 16.9 Å². The first-order chi connectivity index (χ1) is 5.18. The molecule has 0 spiro atoms. The van der Waals surface area contributed by atoms with Gasteiger partial charge in [0.2, 0.25) is 5.91 Å². The fourth-order valence-electron chi connectivity index (χ4n) is 1.28. The number of piperidine rings is 1. The van der Waals surface area contributed by atoms with E-state index in [9.17, 15) is 4.79 Å². The zero-order valence-electron chi connectivity index (χ0n) is 6.30. The third kappa shape index (κ3) is 2.84. The molecule has 62 valence electrons. The molecule has 0 aromatic rings. The number of amides is 1. The monoisotopic (exact) mass is 172 g/mol. The normalized spacial score (nSPS) is 24.4. The van der Waals surface area contributed by atoms with Crippen molar-refractivity contribution in [3.05, 3.63) is 0 Å². The number of rotatable bonds is 2. The summed E-state index contributed by atoms with van der Waals surface area (Å²) in [6.45, 7) is 0. The van der Waals surface area contributed by atoms with Crippen molar-refractivity contribution in [2.24, 2.45) is 5.73 Å². The van der Waals surface area contributed by atoms with Gasteiger partial charge in [-0.2, -0.15) is 0 Å². The number of nitrogens with two attached hydrogens (primary N) is 1. The summed E-state index contributed by atoms with van der Waals surface area (Å²) in [5.74, 6) is 0.123. The first-order valence-electron chi connectivity index (χ1n) is 3.76. The Balaban J connectivity index is 2.34. The number of thiocarbonyl (C=S) groups is 1. The van der Waals surface area contributed by atoms with Crippen LogP contribution >= 0.6 is 12.2 Å². The van der Waals surface area contributed by atoms with Gasteiger partial charge in [0, 0.05) is 18.9 Å². The molecule has 0 radical (unpaired) electrons. The zero-order valence-corrected chi connectivity index (χ0v) is 7.12. The quantitative estimate of drug-likeness (QED) is 0.590. The van der Waals surface area contributed by atoms with E-state index in [0.29, 0.717) is 17.8 Å². The van der Waals surface area contributed by atoms with Gasteiger partial charge in [0.05, 0.1) is 4.99 Å². The Kier molecular flexibility index (Phi) is 2.82. The lowest BCUT2D eigenvalue weighted by atomic mass is 10.0. The van der Waals surface area contributed by atoms with Gasteiger partial charge in [-0.05, 0) is 12.8 Å². The molecule has 4 heteroatoms. The average molecular weight is 172 g/mol. The fourth-order valence-corrected chi connectivity index (χ4v) is 1.48. The summed E-state index contributed by atoms with van der Waals surface area (Å²) in [6, 6.07) is 0.189. The van der Waals surface area contributed by atoms with Crippen LogP contribution in [0.5, 0.6) is 0 Å². The van der Waals surface area contributed by atoms with E-state index in [2.05, 4.69) is 5.32 Å². The summed E-state index contributed by atoms with van der Waals surface area (Å²) in [7, 11) is 0. The fraction of sp³-hybridized carbons (Fsp3) is 0.714. The van der Waals surface area contributed by atoms with Crippen molar-refractivity contribution < 1.29 is 4.79 Å². The van der Waals surface area contributed by atoms with Crippen molar-refractivity contribution >= 4 is 23.1 Å². The lowest BCUT2D eigenvalue weighted by molar-refractivity contribution is -0.123. The lowest BCUT2D eigenvalue weighted by Gasteiger charge is -2.22. The average Bonchev–Trinajstić information content (AvgIpc) is 1.85. The first-order valence-corrected chi connectivity index (χ1v) is 4.17. The second kappa shape index (κ2) is 3.67. The van der Waals surface area contributed by atoms with E-state index in [1.807, 2.05) is 0 Å². The van der Waals surface area contributed by atoms with E-state index in [-0.39, 0.29) is 11.9 Å². The van der Waals surface area contributed by atoms with Crippen LogP contribution in [0.2, 0.25) is 0 Å². The summed E-state index contributed by atoms with van der Waals surface area (Å²) in [5.41, 5.74) is 5.35. The van der Waals surface area contributed by atoms with Gasteiger partial charge in [-0.15, -0.1) is 0 Å². The van der Waals surface area contributed by atoms with Crippen LogP contribution in [0.1, 0.15) is 25.7 Å². The predicted molar refractivity (Wildman–Crippen MR) is 47.2 cm³/mol. The summed E-state index contributed by atoms with van der Waals surface area (Å²) >= 11 is 4.74. The summed E-state index contributed by atoms with van der Waals surface area (Å²) < 4.78 is 0. The smallest absolute Gasteiger partial charge is 0.220 e. The SMILES string of the molecule is NC(=S)CC1CCCC(=O)N1. The molecule has 3 N–H and O–H groups in total. The van der Waals surface area contributed by atoms with E-state index in [1.54, 1.807) is 0 Å². The van der Waals surface area contributed by atoms with Crippen LogP contribution in [0.15, 0.2) is 0 Å². The largest absolute Gasteiger partial charge is 0.393 e. The van der Waals surface area contributed by atoms with Crippen molar-refractivity contribution in [3.63, 3.8) is 0 Å². The van der Waals surface area contributed by atoms with Crippen molar-refractivity contribution in [2.45, 2.75) is 31.7 Å². The maximum Gasteiger partial charge on any atom is 0.220 e. The lowest BCUT2D eigenvalue weighted by Crippen LogP contribution is -2.40. The molecule has 0 aliphatic carbocycles. The second-order valence-corrected chi connectivity index (χ2v) is 3.35. The van der Waals surface area contributed by atoms with Crippen molar-refractivity contribution in [3.8, 4) is 0 Å². The molecular weight excluding hydrogens is 160 g/mol. The third-order valence-corrected chi connectivity index (χ3v) is 1.94. The first kappa shape index (κ1) is 8.46. The van der Waals surface area contributed by atoms with Crippen molar-refractivity contribution in [1.82, 2.24) is 5.32 Å². The van der Waals surface area contributed by atoms with Crippen LogP contribution in [0.3, 0.4) is 0 Å². The van der Waals surface area contributed by atoms with Gasteiger partial charge < -0.3 is 11.1 Å². The van der Waals surface area contributed by atoms with E-state index < -0.39 is 0 Å². The van der Waals surface area contributed by atoms with Crippen LogP contribution in [0.4, 0.5) is 0 Å². The van der Waals surface area contributed by atoms with Gasteiger partial charge in [-0.1, -0.05) is 12.2 Å². The number of nitrogens with one attached hydrogen (secondary N) is 1. The molecule has 3 nitrogen and oxygen atoms in total. The van der Waals surface area contributed by atoms with Crippen molar-refractivity contribution in [2.75, 3.05) is 0 Å². The minimum atomic E-state index is 0.123. The highest BCUT2D eigenvalue weighted by molar-refractivity contribution is 7.80. The Morgan fingerprint density at radius 1 is 1.82 bits per heavy atom. The molecule has 1 amide bonds. The molecule has 1 aliphatic heterocycles. The molecular formula is C7H12N2OS. The summed E-state index contributed by atoms with van der Waals surface area (Å²) in [6.07, 6.45) is 3.25. The van der Waals surface area contributed by atoms with E-state index in [0.717, 1.165) is 12.8 Å². The number of hydrogen-bond donors (Lipinski definition) is 2. The summed E-state index contributed by atoms with van der Waals surface area (Å²) in [4.78, 5) is 11.3. The Morgan fingerprint density at radius 3 is 3.09 bits per heavy atom. The Labute approximate surface area is 71.3 Å². The molecule has 1 fully saturated rings. The highest BCUT2D eigenvalue weighted by atomic mass is 32.1. The van der Waals surface area contributed by atoms with Gasteiger partial charge in [0.25, 0.3) is 0 Å². The van der Waals surface area contributed by atoms with E-state index >= 15 is 0 Å². The Morgan fingerprint density at radius 2 is 2.55 bits per heavy atom. The van der Waals surface area contributed by atoms with E-state index in [4.69, 9.17) is 18.0 Å². The second-order valence-electron chi connectivity index (χ2n) is 2.83. The van der Waals surface area contributed by atoms with Crippen LogP contribution < -0.4 is 11.1 Å². The number of carbonyl (C=O) groups excluding carboxylic acids is 1. The molecule has 0 bridgehead atoms. The third-order valence-electron chi connectivity index (χ3n) is 1.77. The minimum Gasteiger partial charge on any atom is -0.393 e.